The summed E-state index contributed by atoms with van der Waals surface area (Å²) < 4.78 is 0. The fraction of sp³-hybridized carbons (Fsp3) is 0.562. The third-order valence-electron chi connectivity index (χ3n) is 3.50. The number of hydrogen-bond acceptors (Lipinski definition) is 3. The van der Waals surface area contributed by atoms with Crippen LogP contribution in [-0.4, -0.2) is 48.3 Å². The molecule has 2 amide bonds. The Balaban J connectivity index is 2.83. The summed E-state index contributed by atoms with van der Waals surface area (Å²) in [5.74, 6) is 0. The van der Waals surface area contributed by atoms with E-state index in [1.165, 1.54) is 0 Å². The van der Waals surface area contributed by atoms with E-state index in [0.717, 1.165) is 11.4 Å². The Hall–Kier alpha value is -1.75. The molecule has 0 heterocycles. The molecule has 118 valence electrons. The van der Waals surface area contributed by atoms with E-state index in [2.05, 4.69) is 24.1 Å². The SMILES string of the molecule is CC(C)N(CCO)C(=O)Nc1cccc(N(C)C(C)C)c1. The van der Waals surface area contributed by atoms with Crippen molar-refractivity contribution in [3.63, 3.8) is 0 Å². The summed E-state index contributed by atoms with van der Waals surface area (Å²) in [5.41, 5.74) is 1.81. The van der Waals surface area contributed by atoms with Crippen LogP contribution in [0.15, 0.2) is 24.3 Å². The number of urea groups is 1. The van der Waals surface area contributed by atoms with Crippen molar-refractivity contribution in [3.8, 4) is 0 Å². The van der Waals surface area contributed by atoms with Crippen molar-refractivity contribution < 1.29 is 9.90 Å². The summed E-state index contributed by atoms with van der Waals surface area (Å²) in [6.45, 7) is 8.38. The van der Waals surface area contributed by atoms with Crippen LogP contribution < -0.4 is 10.2 Å². The molecule has 0 saturated heterocycles. The highest BCUT2D eigenvalue weighted by Gasteiger charge is 2.16. The van der Waals surface area contributed by atoms with Gasteiger partial charge in [-0.15, -0.1) is 0 Å². The second-order valence-corrected chi connectivity index (χ2v) is 5.70. The molecular weight excluding hydrogens is 266 g/mol. The highest BCUT2D eigenvalue weighted by Crippen LogP contribution is 2.20. The molecule has 0 atom stereocenters. The summed E-state index contributed by atoms with van der Waals surface area (Å²) in [6.07, 6.45) is 0. The van der Waals surface area contributed by atoms with Gasteiger partial charge in [0.05, 0.1) is 6.61 Å². The number of benzene rings is 1. The van der Waals surface area contributed by atoms with E-state index in [0.29, 0.717) is 12.6 Å². The molecule has 0 aromatic heterocycles. The summed E-state index contributed by atoms with van der Waals surface area (Å²) in [7, 11) is 2.03. The minimum atomic E-state index is -0.191. The lowest BCUT2D eigenvalue weighted by Gasteiger charge is -2.27. The lowest BCUT2D eigenvalue weighted by atomic mass is 10.2. The number of nitrogens with zero attached hydrogens (tertiary/aromatic N) is 2. The maximum absolute atomic E-state index is 12.2. The van der Waals surface area contributed by atoms with Gasteiger partial charge >= 0.3 is 6.03 Å². The minimum absolute atomic E-state index is 0.0400. The molecule has 5 heteroatoms. The first-order valence-electron chi connectivity index (χ1n) is 7.38. The monoisotopic (exact) mass is 293 g/mol. The molecule has 0 aliphatic rings. The number of amides is 2. The highest BCUT2D eigenvalue weighted by molar-refractivity contribution is 5.90. The average Bonchev–Trinajstić information content (AvgIpc) is 2.43. The zero-order chi connectivity index (χ0) is 16.0. The van der Waals surface area contributed by atoms with E-state index in [1.54, 1.807) is 4.90 Å². The maximum atomic E-state index is 12.2. The van der Waals surface area contributed by atoms with Gasteiger partial charge in [0, 0.05) is 37.1 Å². The molecule has 1 aromatic rings. The Morgan fingerprint density at radius 3 is 2.43 bits per heavy atom. The van der Waals surface area contributed by atoms with Crippen molar-refractivity contribution in [2.75, 3.05) is 30.4 Å². The quantitative estimate of drug-likeness (QED) is 0.848. The largest absolute Gasteiger partial charge is 0.395 e. The Morgan fingerprint density at radius 2 is 1.90 bits per heavy atom. The number of aliphatic hydroxyl groups is 1. The first kappa shape index (κ1) is 17.3. The van der Waals surface area contributed by atoms with Crippen molar-refractivity contribution in [2.24, 2.45) is 0 Å². The number of carbonyl (C=O) groups is 1. The molecule has 21 heavy (non-hydrogen) atoms. The van der Waals surface area contributed by atoms with Gasteiger partial charge in [0.15, 0.2) is 0 Å². The van der Waals surface area contributed by atoms with Gasteiger partial charge in [-0.1, -0.05) is 6.07 Å². The van der Waals surface area contributed by atoms with Gasteiger partial charge in [-0.3, -0.25) is 0 Å². The third-order valence-corrected chi connectivity index (χ3v) is 3.50. The van der Waals surface area contributed by atoms with Gasteiger partial charge < -0.3 is 20.2 Å². The van der Waals surface area contributed by atoms with Crippen LogP contribution in [0.1, 0.15) is 27.7 Å². The Bertz CT molecular complexity index is 461. The van der Waals surface area contributed by atoms with Crippen LogP contribution in [0.5, 0.6) is 0 Å². The van der Waals surface area contributed by atoms with Crippen molar-refractivity contribution in [2.45, 2.75) is 39.8 Å². The van der Waals surface area contributed by atoms with Crippen LogP contribution >= 0.6 is 0 Å². The summed E-state index contributed by atoms with van der Waals surface area (Å²) >= 11 is 0. The van der Waals surface area contributed by atoms with E-state index >= 15 is 0 Å². The smallest absolute Gasteiger partial charge is 0.322 e. The van der Waals surface area contributed by atoms with Crippen LogP contribution in [0.4, 0.5) is 16.2 Å². The lowest BCUT2D eigenvalue weighted by Crippen LogP contribution is -2.41. The Morgan fingerprint density at radius 1 is 1.24 bits per heavy atom. The number of aliphatic hydroxyl groups excluding tert-OH is 1. The van der Waals surface area contributed by atoms with Gasteiger partial charge in [0.1, 0.15) is 0 Å². The molecule has 0 bridgehead atoms. The molecule has 2 N–H and O–H groups in total. The Labute approximate surface area is 127 Å². The van der Waals surface area contributed by atoms with Gasteiger partial charge in [0.25, 0.3) is 0 Å². The van der Waals surface area contributed by atoms with E-state index in [9.17, 15) is 4.79 Å². The normalized spacial score (nSPS) is 10.9. The number of hydrogen-bond donors (Lipinski definition) is 2. The molecule has 0 unspecified atom stereocenters. The molecule has 0 spiro atoms. The molecule has 0 fully saturated rings. The number of anilines is 2. The van der Waals surface area contributed by atoms with Gasteiger partial charge in [0.2, 0.25) is 0 Å². The Kier molecular flexibility index (Phi) is 6.49. The summed E-state index contributed by atoms with van der Waals surface area (Å²) in [4.78, 5) is 16.0. The summed E-state index contributed by atoms with van der Waals surface area (Å²) in [5, 5.41) is 11.9. The van der Waals surface area contributed by atoms with Gasteiger partial charge in [-0.25, -0.2) is 4.79 Å². The first-order chi connectivity index (χ1) is 9.86. The fourth-order valence-corrected chi connectivity index (χ4v) is 2.00. The number of rotatable bonds is 6. The molecular formula is C16H27N3O2. The van der Waals surface area contributed by atoms with Crippen molar-refractivity contribution in [1.82, 2.24) is 4.90 Å². The first-order valence-corrected chi connectivity index (χ1v) is 7.38. The minimum Gasteiger partial charge on any atom is -0.395 e. The second kappa shape index (κ2) is 7.88. The molecule has 0 aliphatic heterocycles. The molecule has 0 radical (unpaired) electrons. The number of nitrogens with one attached hydrogen (secondary N) is 1. The van der Waals surface area contributed by atoms with Crippen LogP contribution in [0.25, 0.3) is 0 Å². The molecule has 1 rings (SSSR count). The van der Waals surface area contributed by atoms with E-state index in [1.807, 2.05) is 45.2 Å². The molecule has 0 aliphatic carbocycles. The van der Waals surface area contributed by atoms with Gasteiger partial charge in [-0.2, -0.15) is 0 Å². The van der Waals surface area contributed by atoms with Gasteiger partial charge in [-0.05, 0) is 45.9 Å². The molecule has 0 saturated carbocycles. The highest BCUT2D eigenvalue weighted by atomic mass is 16.3. The topological polar surface area (TPSA) is 55.8 Å². The van der Waals surface area contributed by atoms with Crippen LogP contribution in [0, 0.1) is 0 Å². The van der Waals surface area contributed by atoms with Crippen molar-refractivity contribution in [3.05, 3.63) is 24.3 Å². The zero-order valence-electron chi connectivity index (χ0n) is 13.6. The van der Waals surface area contributed by atoms with Crippen LogP contribution in [0.2, 0.25) is 0 Å². The van der Waals surface area contributed by atoms with Crippen LogP contribution in [0.3, 0.4) is 0 Å². The standard InChI is InChI=1S/C16H27N3O2/c1-12(2)18(5)15-8-6-7-14(11-15)17-16(21)19(9-10-20)13(3)4/h6-8,11-13,20H,9-10H2,1-5H3,(H,17,21). The van der Waals surface area contributed by atoms with Crippen molar-refractivity contribution in [1.29, 1.82) is 0 Å². The number of carbonyl (C=O) groups excluding carboxylic acids is 1. The van der Waals surface area contributed by atoms with E-state index in [-0.39, 0.29) is 18.7 Å². The predicted octanol–water partition coefficient (Wildman–Crippen LogP) is 2.77. The van der Waals surface area contributed by atoms with Crippen molar-refractivity contribution >= 4 is 17.4 Å². The lowest BCUT2D eigenvalue weighted by molar-refractivity contribution is 0.172. The molecule has 5 nitrogen and oxygen atoms in total. The van der Waals surface area contributed by atoms with Crippen LogP contribution in [-0.2, 0) is 0 Å². The average molecular weight is 293 g/mol. The fourth-order valence-electron chi connectivity index (χ4n) is 2.00. The second-order valence-electron chi connectivity index (χ2n) is 5.70. The zero-order valence-corrected chi connectivity index (χ0v) is 13.6. The van der Waals surface area contributed by atoms with E-state index in [4.69, 9.17) is 5.11 Å². The molecule has 1 aromatic carbocycles. The third kappa shape index (κ3) is 4.93. The maximum Gasteiger partial charge on any atom is 0.322 e. The predicted molar refractivity (Wildman–Crippen MR) is 87.9 cm³/mol. The van der Waals surface area contributed by atoms with E-state index < -0.39 is 0 Å². The summed E-state index contributed by atoms with van der Waals surface area (Å²) in [6, 6.07) is 8.00.